The van der Waals surface area contributed by atoms with Gasteiger partial charge in [-0.25, -0.2) is 8.42 Å². The molecule has 0 spiro atoms. The Morgan fingerprint density at radius 1 is 1.62 bits per heavy atom. The van der Waals surface area contributed by atoms with E-state index in [1.54, 1.807) is 0 Å². The molecule has 1 aromatic rings. The lowest BCUT2D eigenvalue weighted by Gasteiger charge is -2.02. The van der Waals surface area contributed by atoms with E-state index in [1.807, 2.05) is 0 Å². The number of rotatable bonds is 5. The quantitative estimate of drug-likeness (QED) is 0.778. The Kier molecular flexibility index (Phi) is 3.89. The van der Waals surface area contributed by atoms with Gasteiger partial charge in [0.05, 0.1) is 11.9 Å². The molecule has 0 saturated carbocycles. The summed E-state index contributed by atoms with van der Waals surface area (Å²) in [5, 5.41) is 3.93. The number of halogens is 1. The van der Waals surface area contributed by atoms with E-state index in [0.717, 1.165) is 11.5 Å². The van der Waals surface area contributed by atoms with Gasteiger partial charge in [0.2, 0.25) is 10.0 Å². The summed E-state index contributed by atoms with van der Waals surface area (Å²) in [4.78, 5) is 0. The molecule has 74 valence electrons. The van der Waals surface area contributed by atoms with E-state index in [4.69, 9.17) is 11.6 Å². The van der Waals surface area contributed by atoms with E-state index >= 15 is 0 Å². The number of sulfonamides is 1. The van der Waals surface area contributed by atoms with Gasteiger partial charge in [0.25, 0.3) is 0 Å². The molecule has 0 amide bonds. The van der Waals surface area contributed by atoms with E-state index < -0.39 is 10.0 Å². The minimum Gasteiger partial charge on any atom is -0.272 e. The van der Waals surface area contributed by atoms with Crippen molar-refractivity contribution in [2.45, 2.75) is 6.42 Å². The van der Waals surface area contributed by atoms with Crippen LogP contribution in [-0.4, -0.2) is 29.6 Å². The lowest BCUT2D eigenvalue weighted by Crippen LogP contribution is -2.16. The van der Waals surface area contributed by atoms with E-state index in [1.165, 1.54) is 6.20 Å². The first kappa shape index (κ1) is 10.7. The minimum atomic E-state index is -3.27. The number of hydrogen-bond donors (Lipinski definition) is 1. The summed E-state index contributed by atoms with van der Waals surface area (Å²) in [6.07, 6.45) is 1.80. The molecular weight excluding hydrogens is 234 g/mol. The molecule has 1 N–H and O–H groups in total. The molecular formula is C5H8ClN3O2S2. The largest absolute Gasteiger partial charge is 0.272 e. The second-order valence-electron chi connectivity index (χ2n) is 2.25. The molecule has 0 aliphatic heterocycles. The lowest BCUT2D eigenvalue weighted by molar-refractivity contribution is 0.600. The number of nitrogens with zero attached hydrogens (tertiary/aromatic N) is 2. The zero-order valence-corrected chi connectivity index (χ0v) is 8.99. The van der Waals surface area contributed by atoms with Gasteiger partial charge in [0.1, 0.15) is 5.00 Å². The Balaban J connectivity index is 2.53. The van der Waals surface area contributed by atoms with E-state index in [2.05, 4.69) is 14.3 Å². The van der Waals surface area contributed by atoms with Gasteiger partial charge < -0.3 is 0 Å². The van der Waals surface area contributed by atoms with Crippen molar-refractivity contribution in [3.63, 3.8) is 0 Å². The monoisotopic (exact) mass is 241 g/mol. The van der Waals surface area contributed by atoms with Gasteiger partial charge in [-0.1, -0.05) is 4.49 Å². The molecule has 8 heteroatoms. The van der Waals surface area contributed by atoms with Crippen molar-refractivity contribution in [2.24, 2.45) is 0 Å². The van der Waals surface area contributed by atoms with Crippen molar-refractivity contribution in [1.29, 1.82) is 0 Å². The zero-order chi connectivity index (χ0) is 9.73. The van der Waals surface area contributed by atoms with Crippen LogP contribution >= 0.6 is 23.1 Å². The Labute approximate surface area is 85.3 Å². The number of hydrogen-bond acceptors (Lipinski definition) is 5. The van der Waals surface area contributed by atoms with E-state index in [9.17, 15) is 8.42 Å². The second-order valence-corrected chi connectivity index (χ2v) is 5.25. The summed E-state index contributed by atoms with van der Waals surface area (Å²) in [5.41, 5.74) is 0. The zero-order valence-electron chi connectivity index (χ0n) is 6.60. The molecule has 0 atom stereocenters. The Morgan fingerprint density at radius 3 is 2.92 bits per heavy atom. The van der Waals surface area contributed by atoms with Crippen LogP contribution in [0.5, 0.6) is 0 Å². The van der Waals surface area contributed by atoms with E-state index in [-0.39, 0.29) is 5.75 Å². The van der Waals surface area contributed by atoms with Crippen LogP contribution < -0.4 is 4.72 Å². The molecule has 0 aliphatic rings. The van der Waals surface area contributed by atoms with Crippen LogP contribution in [0.15, 0.2) is 6.20 Å². The number of nitrogens with one attached hydrogen (secondary N) is 1. The first-order valence-corrected chi connectivity index (χ1v) is 6.44. The van der Waals surface area contributed by atoms with E-state index in [0.29, 0.717) is 17.3 Å². The highest BCUT2D eigenvalue weighted by atomic mass is 35.5. The molecule has 1 rings (SSSR count). The first-order chi connectivity index (χ1) is 6.14. The van der Waals surface area contributed by atoms with Gasteiger partial charge in [0, 0.05) is 17.4 Å². The topological polar surface area (TPSA) is 72.0 Å². The average molecular weight is 242 g/mol. The maximum Gasteiger partial charge on any atom is 0.233 e. The standard InChI is InChI=1S/C5H8ClN3O2S2/c6-2-1-3-13(10,11)8-5-4-7-9-12-5/h4,8H,1-3H2. The van der Waals surface area contributed by atoms with Gasteiger partial charge in [0.15, 0.2) is 0 Å². The third kappa shape index (κ3) is 3.88. The Bertz CT molecular complexity index is 337. The normalized spacial score (nSPS) is 11.5. The maximum absolute atomic E-state index is 11.2. The predicted molar refractivity (Wildman–Crippen MR) is 52.7 cm³/mol. The van der Waals surface area contributed by atoms with Crippen LogP contribution in [0.1, 0.15) is 6.42 Å². The highest BCUT2D eigenvalue weighted by Crippen LogP contribution is 2.11. The molecule has 0 radical (unpaired) electrons. The summed E-state index contributed by atoms with van der Waals surface area (Å²) in [7, 11) is -3.27. The highest BCUT2D eigenvalue weighted by Gasteiger charge is 2.10. The number of anilines is 1. The SMILES string of the molecule is O=S(=O)(CCCCl)Nc1cnns1. The third-order valence-electron chi connectivity index (χ3n) is 1.16. The summed E-state index contributed by atoms with van der Waals surface area (Å²) in [5.74, 6) is 0.357. The maximum atomic E-state index is 11.2. The van der Waals surface area contributed by atoms with Gasteiger partial charge in [-0.15, -0.1) is 16.7 Å². The second kappa shape index (κ2) is 4.73. The van der Waals surface area contributed by atoms with Crippen molar-refractivity contribution in [2.75, 3.05) is 16.4 Å². The molecule has 0 unspecified atom stereocenters. The fourth-order valence-electron chi connectivity index (χ4n) is 0.661. The molecule has 0 bridgehead atoms. The van der Waals surface area contributed by atoms with Gasteiger partial charge in [-0.05, 0) is 6.42 Å². The van der Waals surface area contributed by atoms with Crippen LogP contribution in [0.2, 0.25) is 0 Å². The summed E-state index contributed by atoms with van der Waals surface area (Å²) in [6, 6.07) is 0. The van der Waals surface area contributed by atoms with Gasteiger partial charge in [-0.2, -0.15) is 0 Å². The Morgan fingerprint density at radius 2 is 2.38 bits per heavy atom. The fourth-order valence-corrected chi connectivity index (χ4v) is 2.75. The molecule has 1 heterocycles. The molecule has 5 nitrogen and oxygen atoms in total. The van der Waals surface area contributed by atoms with Crippen LogP contribution in [0.25, 0.3) is 0 Å². The molecule has 0 saturated heterocycles. The molecule has 0 fully saturated rings. The average Bonchev–Trinajstić information content (AvgIpc) is 2.52. The summed E-state index contributed by atoms with van der Waals surface area (Å²) in [6.45, 7) is 0. The molecule has 0 aliphatic carbocycles. The van der Waals surface area contributed by atoms with Crippen molar-refractivity contribution in [3.8, 4) is 0 Å². The number of aromatic nitrogens is 2. The highest BCUT2D eigenvalue weighted by molar-refractivity contribution is 7.92. The van der Waals surface area contributed by atoms with Crippen LogP contribution in [0.4, 0.5) is 5.00 Å². The van der Waals surface area contributed by atoms with Crippen molar-refractivity contribution < 1.29 is 8.42 Å². The van der Waals surface area contributed by atoms with Crippen LogP contribution in [0, 0.1) is 0 Å². The lowest BCUT2D eigenvalue weighted by atomic mass is 10.6. The third-order valence-corrected chi connectivity index (χ3v) is 3.50. The van der Waals surface area contributed by atoms with Crippen molar-refractivity contribution in [1.82, 2.24) is 9.59 Å². The van der Waals surface area contributed by atoms with Crippen molar-refractivity contribution >= 4 is 38.2 Å². The smallest absolute Gasteiger partial charge is 0.233 e. The van der Waals surface area contributed by atoms with Gasteiger partial charge in [-0.3, -0.25) is 4.72 Å². The molecule has 0 aromatic carbocycles. The van der Waals surface area contributed by atoms with Crippen molar-refractivity contribution in [3.05, 3.63) is 6.20 Å². The summed E-state index contributed by atoms with van der Waals surface area (Å²) >= 11 is 6.37. The Hall–Kier alpha value is -0.400. The fraction of sp³-hybridized carbons (Fsp3) is 0.600. The minimum absolute atomic E-state index is 0.0222. The molecule has 1 aromatic heterocycles. The van der Waals surface area contributed by atoms with Gasteiger partial charge >= 0.3 is 0 Å². The number of alkyl halides is 1. The van der Waals surface area contributed by atoms with Crippen LogP contribution in [0.3, 0.4) is 0 Å². The van der Waals surface area contributed by atoms with Crippen LogP contribution in [-0.2, 0) is 10.0 Å². The predicted octanol–water partition coefficient (Wildman–Crippen LogP) is 0.909. The molecule has 13 heavy (non-hydrogen) atoms. The summed E-state index contributed by atoms with van der Waals surface area (Å²) < 4.78 is 28.3. The first-order valence-electron chi connectivity index (χ1n) is 3.48.